The fourth-order valence-electron chi connectivity index (χ4n) is 4.97. The maximum absolute atomic E-state index is 13.2. The van der Waals surface area contributed by atoms with E-state index in [1.807, 2.05) is 35.2 Å². The van der Waals surface area contributed by atoms with E-state index >= 15 is 0 Å². The average Bonchev–Trinajstić information content (AvgIpc) is 3.23. The Hall–Kier alpha value is -2.41. The fourth-order valence-corrected chi connectivity index (χ4v) is 4.97. The molecule has 2 bridgehead atoms. The molecule has 3 heterocycles. The molecule has 2 saturated heterocycles. The zero-order chi connectivity index (χ0) is 19.8. The molecule has 1 amide bonds. The third kappa shape index (κ3) is 3.39. The minimum atomic E-state index is -0.962. The molecule has 0 aromatic heterocycles. The molecule has 3 aliphatic heterocycles. The summed E-state index contributed by atoms with van der Waals surface area (Å²) in [6.07, 6.45) is 3.43. The molecule has 150 valence electrons. The molecule has 3 atom stereocenters. The Morgan fingerprint density at radius 3 is 2.50 bits per heavy atom. The van der Waals surface area contributed by atoms with Gasteiger partial charge in [0.25, 0.3) is 5.91 Å². The number of hydrogen-bond acceptors (Lipinski definition) is 5. The maximum atomic E-state index is 13.2. The smallest absolute Gasteiger partial charge is 0.328 e. The molecule has 7 heteroatoms. The summed E-state index contributed by atoms with van der Waals surface area (Å²) in [6, 6.07) is 9.76. The predicted molar refractivity (Wildman–Crippen MR) is 107 cm³/mol. The normalized spacial score (nSPS) is 27.8. The molecule has 0 spiro atoms. The van der Waals surface area contributed by atoms with E-state index in [-0.39, 0.29) is 12.3 Å². The average molecular weight is 384 g/mol. The van der Waals surface area contributed by atoms with Crippen molar-refractivity contribution in [3.63, 3.8) is 0 Å². The summed E-state index contributed by atoms with van der Waals surface area (Å²) >= 11 is 0. The molecule has 7 nitrogen and oxygen atoms in total. The number of benzene rings is 1. The van der Waals surface area contributed by atoms with Crippen LogP contribution in [0.15, 0.2) is 35.4 Å². The zero-order valence-corrected chi connectivity index (χ0v) is 16.5. The van der Waals surface area contributed by atoms with Crippen LogP contribution in [0, 0.1) is 0 Å². The van der Waals surface area contributed by atoms with E-state index in [1.165, 1.54) is 11.4 Å². The maximum Gasteiger partial charge on any atom is 0.328 e. The number of amides is 1. The number of aliphatic carboxylic acids is 1. The number of likely N-dealkylation sites (tertiary alicyclic amines) is 1. The molecule has 3 aliphatic rings. The van der Waals surface area contributed by atoms with Crippen LogP contribution in [0.2, 0.25) is 0 Å². The second-order valence-electron chi connectivity index (χ2n) is 8.25. The van der Waals surface area contributed by atoms with Gasteiger partial charge in [0, 0.05) is 37.6 Å². The molecular weight excluding hydrogens is 356 g/mol. The van der Waals surface area contributed by atoms with E-state index in [4.69, 9.17) is 0 Å². The van der Waals surface area contributed by atoms with Gasteiger partial charge in [-0.15, -0.1) is 0 Å². The number of rotatable bonds is 4. The van der Waals surface area contributed by atoms with Crippen molar-refractivity contribution in [3.05, 3.63) is 30.3 Å². The van der Waals surface area contributed by atoms with Crippen molar-refractivity contribution in [1.29, 1.82) is 0 Å². The fraction of sp³-hybridized carbons (Fsp3) is 0.571. The van der Waals surface area contributed by atoms with Gasteiger partial charge in [-0.2, -0.15) is 5.10 Å². The van der Waals surface area contributed by atoms with Gasteiger partial charge < -0.3 is 10.0 Å². The van der Waals surface area contributed by atoms with Crippen molar-refractivity contribution in [3.8, 4) is 0 Å². The van der Waals surface area contributed by atoms with Gasteiger partial charge in [0.15, 0.2) is 6.04 Å². The number of carboxylic acids is 1. The van der Waals surface area contributed by atoms with Gasteiger partial charge in [-0.05, 0) is 45.2 Å². The highest BCUT2D eigenvalue weighted by molar-refractivity contribution is 6.40. The Bertz CT molecular complexity index is 779. The van der Waals surface area contributed by atoms with Gasteiger partial charge in [0.1, 0.15) is 5.71 Å². The number of nitrogens with zero attached hydrogens (tertiary/aromatic N) is 4. The zero-order valence-electron chi connectivity index (χ0n) is 16.5. The van der Waals surface area contributed by atoms with E-state index in [0.29, 0.717) is 42.6 Å². The molecule has 0 radical (unpaired) electrons. The second kappa shape index (κ2) is 7.54. The number of hydrazone groups is 1. The van der Waals surface area contributed by atoms with Gasteiger partial charge >= 0.3 is 5.97 Å². The first-order chi connectivity index (χ1) is 13.5. The summed E-state index contributed by atoms with van der Waals surface area (Å²) in [5, 5.41) is 15.6. The predicted octanol–water partition coefficient (Wildman–Crippen LogP) is 2.18. The number of carboxylic acid groups (broad SMARTS) is 1. The monoisotopic (exact) mass is 384 g/mol. The summed E-state index contributed by atoms with van der Waals surface area (Å²) in [5.41, 5.74) is 1.05. The molecule has 2 fully saturated rings. The van der Waals surface area contributed by atoms with Gasteiger partial charge in [0.05, 0.1) is 5.69 Å². The lowest BCUT2D eigenvalue weighted by Gasteiger charge is -2.32. The second-order valence-corrected chi connectivity index (χ2v) is 8.25. The van der Waals surface area contributed by atoms with E-state index in [1.54, 1.807) is 0 Å². The molecule has 0 saturated carbocycles. The number of carbonyl (C=O) groups is 2. The topological polar surface area (TPSA) is 76.5 Å². The Kier molecular flexibility index (Phi) is 5.10. The van der Waals surface area contributed by atoms with Crippen LogP contribution < -0.4 is 5.01 Å². The lowest BCUT2D eigenvalue weighted by molar-refractivity contribution is -0.138. The number of hydrogen-bond donors (Lipinski definition) is 1. The first-order valence-corrected chi connectivity index (χ1v) is 10.2. The molecule has 1 N–H and O–H groups in total. The van der Waals surface area contributed by atoms with E-state index in [9.17, 15) is 14.7 Å². The number of anilines is 1. The van der Waals surface area contributed by atoms with Crippen molar-refractivity contribution < 1.29 is 14.7 Å². The van der Waals surface area contributed by atoms with E-state index < -0.39 is 12.0 Å². The van der Waals surface area contributed by atoms with Crippen LogP contribution in [-0.4, -0.2) is 69.8 Å². The lowest BCUT2D eigenvalue weighted by Crippen LogP contribution is -2.45. The van der Waals surface area contributed by atoms with Crippen molar-refractivity contribution in [2.24, 2.45) is 5.10 Å². The Morgan fingerprint density at radius 2 is 1.82 bits per heavy atom. The SMILES string of the molecule is CC(C)N1C2CCC1CN(C(=O)C1=NN(c3ccccc3)C(C(=O)O)C1)CC2. The van der Waals surface area contributed by atoms with Gasteiger partial charge in [-0.3, -0.25) is 14.7 Å². The first-order valence-electron chi connectivity index (χ1n) is 10.2. The molecule has 3 unspecified atom stereocenters. The van der Waals surface area contributed by atoms with Crippen LogP contribution in [0.3, 0.4) is 0 Å². The van der Waals surface area contributed by atoms with Crippen LogP contribution in [-0.2, 0) is 9.59 Å². The minimum Gasteiger partial charge on any atom is -0.480 e. The van der Waals surface area contributed by atoms with Crippen LogP contribution in [0.1, 0.15) is 39.5 Å². The van der Waals surface area contributed by atoms with Crippen molar-refractivity contribution in [1.82, 2.24) is 9.80 Å². The van der Waals surface area contributed by atoms with Crippen LogP contribution >= 0.6 is 0 Å². The van der Waals surface area contributed by atoms with E-state index in [2.05, 4.69) is 23.8 Å². The lowest BCUT2D eigenvalue weighted by atomic mass is 10.1. The third-order valence-electron chi connectivity index (χ3n) is 6.19. The third-order valence-corrected chi connectivity index (χ3v) is 6.19. The van der Waals surface area contributed by atoms with Crippen LogP contribution in [0.4, 0.5) is 5.69 Å². The molecule has 1 aromatic rings. The Labute approximate surface area is 165 Å². The number of fused-ring (bicyclic) bond motifs is 2. The standard InChI is InChI=1S/C21H28N4O3/c1-14(2)24-15-8-9-17(24)13-23(11-10-15)20(26)18-12-19(21(27)28)25(22-18)16-6-4-3-5-7-16/h3-7,14-15,17,19H,8-13H2,1-2H3,(H,27,28). The first kappa shape index (κ1) is 18.9. The van der Waals surface area contributed by atoms with Gasteiger partial charge in [-0.25, -0.2) is 4.79 Å². The highest BCUT2D eigenvalue weighted by atomic mass is 16.4. The summed E-state index contributed by atoms with van der Waals surface area (Å²) in [4.78, 5) is 29.4. The van der Waals surface area contributed by atoms with Crippen LogP contribution in [0.25, 0.3) is 0 Å². The number of para-hydroxylation sites is 1. The molecule has 0 aliphatic carbocycles. The minimum absolute atomic E-state index is 0.110. The van der Waals surface area contributed by atoms with E-state index in [0.717, 1.165) is 12.8 Å². The number of carbonyl (C=O) groups excluding carboxylic acids is 1. The quantitative estimate of drug-likeness (QED) is 0.861. The molecular formula is C21H28N4O3. The highest BCUT2D eigenvalue weighted by Gasteiger charge is 2.42. The van der Waals surface area contributed by atoms with Crippen molar-refractivity contribution >= 4 is 23.3 Å². The van der Waals surface area contributed by atoms with Crippen LogP contribution in [0.5, 0.6) is 0 Å². The largest absolute Gasteiger partial charge is 0.480 e. The molecule has 4 rings (SSSR count). The van der Waals surface area contributed by atoms with Crippen molar-refractivity contribution in [2.45, 2.75) is 63.7 Å². The molecule has 28 heavy (non-hydrogen) atoms. The summed E-state index contributed by atoms with van der Waals surface area (Å²) in [7, 11) is 0. The summed E-state index contributed by atoms with van der Waals surface area (Å²) in [6.45, 7) is 5.86. The molecule has 1 aromatic carbocycles. The Balaban J connectivity index is 1.54. The highest BCUT2D eigenvalue weighted by Crippen LogP contribution is 2.33. The summed E-state index contributed by atoms with van der Waals surface area (Å²) < 4.78 is 0. The summed E-state index contributed by atoms with van der Waals surface area (Å²) in [5.74, 6) is -1.07. The Morgan fingerprint density at radius 1 is 1.11 bits per heavy atom. The van der Waals surface area contributed by atoms with Crippen molar-refractivity contribution in [2.75, 3.05) is 18.1 Å². The van der Waals surface area contributed by atoms with Gasteiger partial charge in [-0.1, -0.05) is 18.2 Å². The van der Waals surface area contributed by atoms with Gasteiger partial charge in [0.2, 0.25) is 0 Å².